The van der Waals surface area contributed by atoms with E-state index in [9.17, 15) is 8.42 Å². The minimum atomic E-state index is -3.53. The second-order valence-corrected chi connectivity index (χ2v) is 14.2. The van der Waals surface area contributed by atoms with Crippen molar-refractivity contribution in [3.63, 3.8) is 0 Å². The molecule has 2 fully saturated rings. The van der Waals surface area contributed by atoms with Gasteiger partial charge in [-0.1, -0.05) is 48.3 Å². The number of nitrogens with zero attached hydrogens (tertiary/aromatic N) is 6. The van der Waals surface area contributed by atoms with E-state index in [1.54, 1.807) is 12.3 Å². The van der Waals surface area contributed by atoms with Crippen LogP contribution in [-0.4, -0.2) is 90.3 Å². The monoisotopic (exact) mass is 641 g/mol. The molecule has 0 radical (unpaired) electrons. The molecule has 0 saturated carbocycles. The lowest BCUT2D eigenvalue weighted by Gasteiger charge is -2.42. The van der Waals surface area contributed by atoms with E-state index in [2.05, 4.69) is 32.0 Å². The van der Waals surface area contributed by atoms with Crippen LogP contribution >= 0.6 is 23.2 Å². The Morgan fingerprint density at radius 2 is 1.72 bits per heavy atom. The molecule has 6 rings (SSSR count). The molecule has 0 spiro atoms. The second kappa shape index (κ2) is 12.6. The number of hydrogen-bond donors (Lipinski definition) is 1. The van der Waals surface area contributed by atoms with Crippen molar-refractivity contribution in [3.05, 3.63) is 64.9 Å². The van der Waals surface area contributed by atoms with Gasteiger partial charge in [-0.2, -0.15) is 0 Å². The van der Waals surface area contributed by atoms with Crippen LogP contribution in [0.4, 0.5) is 17.3 Å². The molecule has 0 aliphatic carbocycles. The zero-order chi connectivity index (χ0) is 30.1. The van der Waals surface area contributed by atoms with Crippen molar-refractivity contribution in [2.45, 2.75) is 32.2 Å². The normalized spacial score (nSPS) is 17.5. The molecule has 43 heavy (non-hydrogen) atoms. The Morgan fingerprint density at radius 3 is 2.44 bits per heavy atom. The number of hydrogen-bond acceptors (Lipinski definition) is 8. The standard InChI is InChI=1S/C31H37Cl2N7O2S/c1-3-18-43(41,42)40-21-25(24-6-4-5-7-28(24)40)30-27(33)20-34-31(36-30)35-22-8-9-29(26(32)19-22)39-12-10-23(11-13-39)38-16-14-37(2)15-17-38/h4-9,19-21,23H,3,10-18H2,1-2H3,(H,34,35,36). The number of piperidine rings is 1. The molecule has 4 aromatic rings. The SMILES string of the molecule is CCCS(=O)(=O)n1cc(-c2nc(Nc3ccc(N4CCC(N5CCN(C)CC5)CC4)c(Cl)c3)ncc2Cl)c2ccccc21. The predicted molar refractivity (Wildman–Crippen MR) is 176 cm³/mol. The van der Waals surface area contributed by atoms with Gasteiger partial charge in [0.1, 0.15) is 0 Å². The number of para-hydroxylation sites is 1. The van der Waals surface area contributed by atoms with Gasteiger partial charge in [-0.05, 0) is 50.6 Å². The smallest absolute Gasteiger partial charge is 0.238 e. The van der Waals surface area contributed by atoms with Crippen molar-refractivity contribution < 1.29 is 8.42 Å². The highest BCUT2D eigenvalue weighted by molar-refractivity contribution is 7.90. The van der Waals surface area contributed by atoms with Crippen LogP contribution in [0.25, 0.3) is 22.2 Å². The summed E-state index contributed by atoms with van der Waals surface area (Å²) < 4.78 is 27.4. The van der Waals surface area contributed by atoms with Gasteiger partial charge in [0, 0.05) is 68.1 Å². The van der Waals surface area contributed by atoms with Gasteiger partial charge in [0.25, 0.3) is 0 Å². The van der Waals surface area contributed by atoms with Crippen molar-refractivity contribution in [1.82, 2.24) is 23.7 Å². The summed E-state index contributed by atoms with van der Waals surface area (Å²) in [6, 6.07) is 13.9. The zero-order valence-electron chi connectivity index (χ0n) is 24.5. The third kappa shape index (κ3) is 6.35. The van der Waals surface area contributed by atoms with E-state index in [4.69, 9.17) is 28.2 Å². The van der Waals surface area contributed by atoms with E-state index in [0.717, 1.165) is 68.9 Å². The van der Waals surface area contributed by atoms with Crippen LogP contribution in [-0.2, 0) is 10.0 Å². The van der Waals surface area contributed by atoms with Gasteiger partial charge >= 0.3 is 0 Å². The molecule has 2 saturated heterocycles. The fraction of sp³-hybridized carbons (Fsp3) is 0.419. The molecule has 228 valence electrons. The van der Waals surface area contributed by atoms with Gasteiger partial charge in [-0.15, -0.1) is 0 Å². The Bertz CT molecular complexity index is 1710. The number of likely N-dealkylation sites (N-methyl/N-ethyl adjacent to an activating group) is 1. The maximum atomic E-state index is 13.0. The van der Waals surface area contributed by atoms with E-state index < -0.39 is 10.0 Å². The van der Waals surface area contributed by atoms with Gasteiger partial charge in [0.2, 0.25) is 16.0 Å². The topological polar surface area (TPSA) is 86.6 Å². The molecule has 2 aromatic carbocycles. The summed E-state index contributed by atoms with van der Waals surface area (Å²) in [7, 11) is -1.34. The number of fused-ring (bicyclic) bond motifs is 1. The summed E-state index contributed by atoms with van der Waals surface area (Å²) >= 11 is 13.4. The van der Waals surface area contributed by atoms with Crippen LogP contribution in [0.1, 0.15) is 26.2 Å². The van der Waals surface area contributed by atoms with Gasteiger partial charge < -0.3 is 15.1 Å². The Hall–Kier alpha value is -2.89. The van der Waals surface area contributed by atoms with Crippen LogP contribution < -0.4 is 10.2 Å². The minimum Gasteiger partial charge on any atom is -0.370 e. The fourth-order valence-corrected chi connectivity index (χ4v) is 8.10. The van der Waals surface area contributed by atoms with Crippen molar-refractivity contribution >= 4 is 61.5 Å². The molecule has 2 aliphatic heterocycles. The summed E-state index contributed by atoms with van der Waals surface area (Å²) in [5.74, 6) is 0.380. The summed E-state index contributed by atoms with van der Waals surface area (Å²) in [5, 5.41) is 5.00. The predicted octanol–water partition coefficient (Wildman–Crippen LogP) is 5.95. The number of piperazine rings is 1. The summed E-state index contributed by atoms with van der Waals surface area (Å²) in [6.45, 7) is 8.39. The average Bonchev–Trinajstić information content (AvgIpc) is 3.39. The van der Waals surface area contributed by atoms with Crippen LogP contribution in [0, 0.1) is 0 Å². The lowest BCUT2D eigenvalue weighted by atomic mass is 10.0. The Morgan fingerprint density at radius 1 is 0.977 bits per heavy atom. The van der Waals surface area contributed by atoms with Crippen LogP contribution in [0.2, 0.25) is 10.0 Å². The van der Waals surface area contributed by atoms with Crippen molar-refractivity contribution in [2.24, 2.45) is 0 Å². The molecule has 1 N–H and O–H groups in total. The second-order valence-electron chi connectivity index (χ2n) is 11.4. The highest BCUT2D eigenvalue weighted by Crippen LogP contribution is 2.36. The van der Waals surface area contributed by atoms with E-state index in [-0.39, 0.29) is 5.75 Å². The van der Waals surface area contributed by atoms with Crippen LogP contribution in [0.3, 0.4) is 0 Å². The summed E-state index contributed by atoms with van der Waals surface area (Å²) in [5.41, 5.74) is 3.45. The Labute approximate surface area is 263 Å². The molecule has 0 atom stereocenters. The quantitative estimate of drug-likeness (QED) is 0.252. The van der Waals surface area contributed by atoms with Crippen LogP contribution in [0.5, 0.6) is 0 Å². The largest absolute Gasteiger partial charge is 0.370 e. The fourth-order valence-electron chi connectivity index (χ4n) is 6.17. The van der Waals surface area contributed by atoms with Gasteiger partial charge in [-0.3, -0.25) is 4.90 Å². The van der Waals surface area contributed by atoms with Crippen molar-refractivity contribution in [1.29, 1.82) is 0 Å². The molecule has 4 heterocycles. The lowest BCUT2D eigenvalue weighted by Crippen LogP contribution is -2.52. The first-order valence-corrected chi connectivity index (χ1v) is 17.2. The molecule has 0 bridgehead atoms. The first-order chi connectivity index (χ1) is 20.7. The highest BCUT2D eigenvalue weighted by Gasteiger charge is 2.27. The molecule has 0 amide bonds. The van der Waals surface area contributed by atoms with Gasteiger partial charge in [0.05, 0.1) is 38.9 Å². The number of halogens is 2. The molecular formula is C31H37Cl2N7O2S. The van der Waals surface area contributed by atoms with Gasteiger partial charge in [-0.25, -0.2) is 22.4 Å². The third-order valence-corrected chi connectivity index (χ3v) is 10.9. The molecule has 2 aliphatic rings. The number of aromatic nitrogens is 3. The number of nitrogens with one attached hydrogen (secondary N) is 1. The first-order valence-electron chi connectivity index (χ1n) is 14.8. The van der Waals surface area contributed by atoms with E-state index in [1.165, 1.54) is 10.2 Å². The summed E-state index contributed by atoms with van der Waals surface area (Å²) in [6.07, 6.45) is 5.92. The maximum Gasteiger partial charge on any atom is 0.238 e. The van der Waals surface area contributed by atoms with E-state index >= 15 is 0 Å². The average molecular weight is 643 g/mol. The zero-order valence-corrected chi connectivity index (χ0v) is 26.8. The Kier molecular flexibility index (Phi) is 8.84. The maximum absolute atomic E-state index is 13.0. The molecule has 12 heteroatoms. The van der Waals surface area contributed by atoms with E-state index in [1.807, 2.05) is 43.3 Å². The van der Waals surface area contributed by atoms with E-state index in [0.29, 0.717) is 45.2 Å². The molecule has 2 aromatic heterocycles. The molecule has 9 nitrogen and oxygen atoms in total. The first kappa shape index (κ1) is 30.1. The highest BCUT2D eigenvalue weighted by atomic mass is 35.5. The number of rotatable bonds is 8. The molecular weight excluding hydrogens is 605 g/mol. The summed E-state index contributed by atoms with van der Waals surface area (Å²) in [4.78, 5) is 16.5. The Balaban J connectivity index is 1.20. The van der Waals surface area contributed by atoms with Gasteiger partial charge in [0.15, 0.2) is 0 Å². The van der Waals surface area contributed by atoms with Crippen molar-refractivity contribution in [3.8, 4) is 11.3 Å². The minimum absolute atomic E-state index is 0.0421. The van der Waals surface area contributed by atoms with Crippen molar-refractivity contribution in [2.75, 3.05) is 62.3 Å². The lowest BCUT2D eigenvalue weighted by molar-refractivity contribution is 0.0982. The third-order valence-electron chi connectivity index (χ3n) is 8.50. The number of anilines is 3. The van der Waals surface area contributed by atoms with Crippen LogP contribution in [0.15, 0.2) is 54.9 Å². The molecule has 0 unspecified atom stereocenters. The number of benzene rings is 2.